The highest BCUT2D eigenvalue weighted by Gasteiger charge is 2.33. The first-order valence-electron chi connectivity index (χ1n) is 5.81. The molecule has 0 aromatic carbocycles. The van der Waals surface area contributed by atoms with E-state index in [2.05, 4.69) is 32.3 Å². The minimum Gasteiger partial charge on any atom is -0.409 e. The average molecular weight is 212 g/mol. The van der Waals surface area contributed by atoms with Gasteiger partial charge in [-0.25, -0.2) is 0 Å². The van der Waals surface area contributed by atoms with E-state index in [0.29, 0.717) is 0 Å². The third kappa shape index (κ3) is 3.58. The molecule has 0 N–H and O–H groups in total. The Morgan fingerprint density at radius 2 is 1.57 bits per heavy atom. The predicted molar refractivity (Wildman–Crippen MR) is 65.1 cm³/mol. The highest BCUT2D eigenvalue weighted by atomic mass is 28.4. The molecule has 0 atom stereocenters. The molecule has 0 heterocycles. The molecule has 0 bridgehead atoms. The molecule has 1 saturated carbocycles. The molecule has 2 heteroatoms. The Hall–Kier alpha value is -0.0831. The van der Waals surface area contributed by atoms with Crippen LogP contribution in [0.1, 0.15) is 38.5 Å². The minimum absolute atomic E-state index is 0.0149. The third-order valence-electron chi connectivity index (χ3n) is 2.83. The monoisotopic (exact) mass is 212 g/mol. The second-order valence-electron chi connectivity index (χ2n) is 5.40. The van der Waals surface area contributed by atoms with E-state index < -0.39 is 8.32 Å². The molecular weight excluding hydrogens is 188 g/mol. The first kappa shape index (κ1) is 12.0. The zero-order valence-corrected chi connectivity index (χ0v) is 10.9. The molecule has 1 nitrogen and oxygen atoms in total. The Labute approximate surface area is 89.7 Å². The SMILES string of the molecule is C=CC1(O[Si](C)(C)C)CCCCCC1. The van der Waals surface area contributed by atoms with Crippen molar-refractivity contribution in [3.63, 3.8) is 0 Å². The summed E-state index contributed by atoms with van der Waals surface area (Å²) in [6, 6.07) is 0. The van der Waals surface area contributed by atoms with E-state index in [0.717, 1.165) is 0 Å². The van der Waals surface area contributed by atoms with Crippen LogP contribution in [-0.2, 0) is 4.43 Å². The van der Waals surface area contributed by atoms with Crippen LogP contribution >= 0.6 is 0 Å². The van der Waals surface area contributed by atoms with Gasteiger partial charge >= 0.3 is 0 Å². The summed E-state index contributed by atoms with van der Waals surface area (Å²) in [6.07, 6.45) is 9.76. The first-order valence-corrected chi connectivity index (χ1v) is 9.22. The molecule has 1 aliphatic rings. The molecule has 0 aromatic rings. The van der Waals surface area contributed by atoms with Crippen LogP contribution in [0.2, 0.25) is 19.6 Å². The van der Waals surface area contributed by atoms with E-state index in [1.54, 1.807) is 0 Å². The van der Waals surface area contributed by atoms with Gasteiger partial charge in [0.2, 0.25) is 0 Å². The summed E-state index contributed by atoms with van der Waals surface area (Å²) in [5, 5.41) is 0. The van der Waals surface area contributed by atoms with Crippen molar-refractivity contribution in [1.82, 2.24) is 0 Å². The molecule has 0 spiro atoms. The molecule has 0 radical (unpaired) electrons. The molecule has 14 heavy (non-hydrogen) atoms. The van der Waals surface area contributed by atoms with Gasteiger partial charge in [-0.1, -0.05) is 31.8 Å². The van der Waals surface area contributed by atoms with Crippen LogP contribution in [0.15, 0.2) is 12.7 Å². The summed E-state index contributed by atoms with van der Waals surface area (Å²) in [5.74, 6) is 0. The highest BCUT2D eigenvalue weighted by Crippen LogP contribution is 2.33. The lowest BCUT2D eigenvalue weighted by Gasteiger charge is -2.36. The second-order valence-corrected chi connectivity index (χ2v) is 9.83. The Kier molecular flexibility index (Phi) is 3.96. The molecule has 82 valence electrons. The summed E-state index contributed by atoms with van der Waals surface area (Å²) in [4.78, 5) is 0. The second kappa shape index (κ2) is 4.62. The van der Waals surface area contributed by atoms with Crippen LogP contribution in [0.5, 0.6) is 0 Å². The molecule has 1 aliphatic carbocycles. The van der Waals surface area contributed by atoms with Crippen molar-refractivity contribution in [2.45, 2.75) is 63.8 Å². The van der Waals surface area contributed by atoms with E-state index in [4.69, 9.17) is 4.43 Å². The Morgan fingerprint density at radius 1 is 1.07 bits per heavy atom. The fourth-order valence-electron chi connectivity index (χ4n) is 2.28. The van der Waals surface area contributed by atoms with Gasteiger partial charge < -0.3 is 4.43 Å². The lowest BCUT2D eigenvalue weighted by molar-refractivity contribution is 0.0949. The van der Waals surface area contributed by atoms with E-state index in [-0.39, 0.29) is 5.60 Å². The van der Waals surface area contributed by atoms with Crippen molar-refractivity contribution < 1.29 is 4.43 Å². The maximum absolute atomic E-state index is 6.32. The maximum Gasteiger partial charge on any atom is 0.184 e. The highest BCUT2D eigenvalue weighted by molar-refractivity contribution is 6.69. The topological polar surface area (TPSA) is 9.23 Å². The van der Waals surface area contributed by atoms with Gasteiger partial charge in [0.15, 0.2) is 8.32 Å². The number of hydrogen-bond donors (Lipinski definition) is 0. The zero-order valence-electron chi connectivity index (χ0n) is 9.94. The molecule has 0 amide bonds. The van der Waals surface area contributed by atoms with E-state index >= 15 is 0 Å². The molecule has 0 aromatic heterocycles. The summed E-state index contributed by atoms with van der Waals surface area (Å²) in [5.41, 5.74) is 0.0149. The van der Waals surface area contributed by atoms with Gasteiger partial charge in [0, 0.05) is 0 Å². The van der Waals surface area contributed by atoms with Gasteiger partial charge in [0.05, 0.1) is 5.60 Å². The standard InChI is InChI=1S/C12H24OSi/c1-5-12(13-14(2,3)4)10-8-6-7-9-11-12/h5H,1,6-11H2,2-4H3. The van der Waals surface area contributed by atoms with Gasteiger partial charge in [-0.3, -0.25) is 0 Å². The van der Waals surface area contributed by atoms with Gasteiger partial charge in [-0.15, -0.1) is 6.58 Å². The van der Waals surface area contributed by atoms with Crippen molar-refractivity contribution in [3.05, 3.63) is 12.7 Å². The number of rotatable bonds is 3. The first-order chi connectivity index (χ1) is 6.47. The van der Waals surface area contributed by atoms with Crippen molar-refractivity contribution in [2.24, 2.45) is 0 Å². The van der Waals surface area contributed by atoms with Crippen molar-refractivity contribution >= 4 is 8.32 Å². The largest absolute Gasteiger partial charge is 0.409 e. The Morgan fingerprint density at radius 3 is 1.93 bits per heavy atom. The Bertz CT molecular complexity index is 185. The van der Waals surface area contributed by atoms with E-state index in [1.165, 1.54) is 38.5 Å². The van der Waals surface area contributed by atoms with Crippen LogP contribution in [-0.4, -0.2) is 13.9 Å². The molecule has 0 unspecified atom stereocenters. The fraction of sp³-hybridized carbons (Fsp3) is 0.833. The Balaban J connectivity index is 2.67. The lowest BCUT2D eigenvalue weighted by atomic mass is 9.95. The van der Waals surface area contributed by atoms with Crippen molar-refractivity contribution in [3.8, 4) is 0 Å². The quantitative estimate of drug-likeness (QED) is 0.388. The van der Waals surface area contributed by atoms with Crippen LogP contribution in [0.3, 0.4) is 0 Å². The van der Waals surface area contributed by atoms with Crippen molar-refractivity contribution in [1.29, 1.82) is 0 Å². The third-order valence-corrected chi connectivity index (χ3v) is 3.85. The summed E-state index contributed by atoms with van der Waals surface area (Å²) < 4.78 is 6.32. The van der Waals surface area contributed by atoms with E-state index in [9.17, 15) is 0 Å². The van der Waals surface area contributed by atoms with E-state index in [1.807, 2.05) is 0 Å². The number of hydrogen-bond acceptors (Lipinski definition) is 1. The smallest absolute Gasteiger partial charge is 0.184 e. The van der Waals surface area contributed by atoms with Crippen LogP contribution in [0, 0.1) is 0 Å². The molecular formula is C12H24OSi. The zero-order chi connectivity index (χ0) is 10.7. The summed E-state index contributed by atoms with van der Waals surface area (Å²) in [6.45, 7) is 10.8. The summed E-state index contributed by atoms with van der Waals surface area (Å²) >= 11 is 0. The van der Waals surface area contributed by atoms with Crippen molar-refractivity contribution in [2.75, 3.05) is 0 Å². The summed E-state index contributed by atoms with van der Waals surface area (Å²) in [7, 11) is -1.43. The van der Waals surface area contributed by atoms with Crippen LogP contribution in [0.25, 0.3) is 0 Å². The van der Waals surface area contributed by atoms with Gasteiger partial charge in [-0.2, -0.15) is 0 Å². The molecule has 1 fully saturated rings. The fourth-order valence-corrected chi connectivity index (χ4v) is 3.79. The van der Waals surface area contributed by atoms with Gasteiger partial charge in [0.25, 0.3) is 0 Å². The molecule has 0 aliphatic heterocycles. The van der Waals surface area contributed by atoms with Gasteiger partial charge in [0.1, 0.15) is 0 Å². The van der Waals surface area contributed by atoms with Crippen LogP contribution < -0.4 is 0 Å². The molecule has 1 rings (SSSR count). The lowest BCUT2D eigenvalue weighted by Crippen LogP contribution is -2.41. The molecule has 0 saturated heterocycles. The van der Waals surface area contributed by atoms with Crippen LogP contribution in [0.4, 0.5) is 0 Å². The maximum atomic E-state index is 6.32. The minimum atomic E-state index is -1.43. The predicted octanol–water partition coefficient (Wildman–Crippen LogP) is 4.12. The average Bonchev–Trinajstić information content (AvgIpc) is 2.28. The van der Waals surface area contributed by atoms with Gasteiger partial charge in [-0.05, 0) is 32.5 Å². The normalized spacial score (nSPS) is 22.8.